The quantitative estimate of drug-likeness (QED) is 0.690. The van der Waals surface area contributed by atoms with Gasteiger partial charge in [0.1, 0.15) is 0 Å². The Morgan fingerprint density at radius 2 is 2.21 bits per heavy atom. The highest BCUT2D eigenvalue weighted by Crippen LogP contribution is 2.18. The number of nitrogens with two attached hydrogens (primary N) is 1. The Bertz CT molecular complexity index is 294. The lowest BCUT2D eigenvalue weighted by atomic mass is 10.2. The van der Waals surface area contributed by atoms with Crippen LogP contribution in [0.15, 0.2) is 18.5 Å². The minimum Gasteiger partial charge on any atom is -0.369 e. The standard InChI is InChI=1S/C10H16N4/c11-7-9-8-13-2-1-10(9)14-5-3-12-4-6-14/h1-2,8,12H,3-7,11H2. The molecule has 0 aliphatic carbocycles. The van der Waals surface area contributed by atoms with E-state index in [1.165, 1.54) is 5.69 Å². The van der Waals surface area contributed by atoms with Crippen molar-refractivity contribution in [3.8, 4) is 0 Å². The number of nitrogens with one attached hydrogen (secondary N) is 1. The fourth-order valence-electron chi connectivity index (χ4n) is 1.79. The van der Waals surface area contributed by atoms with Gasteiger partial charge in [0.05, 0.1) is 0 Å². The molecule has 76 valence electrons. The topological polar surface area (TPSA) is 54.2 Å². The molecule has 3 N–H and O–H groups in total. The zero-order valence-corrected chi connectivity index (χ0v) is 8.24. The Morgan fingerprint density at radius 1 is 1.43 bits per heavy atom. The van der Waals surface area contributed by atoms with E-state index in [-0.39, 0.29) is 0 Å². The predicted octanol–water partition coefficient (Wildman–Crippen LogP) is -0.0501. The van der Waals surface area contributed by atoms with Crippen molar-refractivity contribution in [1.29, 1.82) is 0 Å². The van der Waals surface area contributed by atoms with Crippen LogP contribution in [0.4, 0.5) is 5.69 Å². The number of rotatable bonds is 2. The Kier molecular flexibility index (Phi) is 2.96. The van der Waals surface area contributed by atoms with E-state index < -0.39 is 0 Å². The second-order valence-electron chi connectivity index (χ2n) is 3.45. The van der Waals surface area contributed by atoms with Crippen molar-refractivity contribution in [2.45, 2.75) is 6.54 Å². The summed E-state index contributed by atoms with van der Waals surface area (Å²) in [6, 6.07) is 2.05. The van der Waals surface area contributed by atoms with Crippen LogP contribution in [0.2, 0.25) is 0 Å². The fraction of sp³-hybridized carbons (Fsp3) is 0.500. The molecule has 4 heteroatoms. The summed E-state index contributed by atoms with van der Waals surface area (Å²) in [6.07, 6.45) is 3.69. The number of hydrogen-bond acceptors (Lipinski definition) is 4. The molecular formula is C10H16N4. The highest BCUT2D eigenvalue weighted by molar-refractivity contribution is 5.52. The molecule has 1 fully saturated rings. The summed E-state index contributed by atoms with van der Waals surface area (Å²) in [4.78, 5) is 6.45. The molecule has 1 saturated heterocycles. The van der Waals surface area contributed by atoms with Crippen molar-refractivity contribution in [2.75, 3.05) is 31.1 Å². The molecule has 1 aromatic heterocycles. The van der Waals surface area contributed by atoms with E-state index in [1.807, 2.05) is 18.5 Å². The van der Waals surface area contributed by atoms with Crippen LogP contribution in [0.1, 0.15) is 5.56 Å². The summed E-state index contributed by atoms with van der Waals surface area (Å²) < 4.78 is 0. The summed E-state index contributed by atoms with van der Waals surface area (Å²) >= 11 is 0. The molecular weight excluding hydrogens is 176 g/mol. The van der Waals surface area contributed by atoms with E-state index in [2.05, 4.69) is 15.2 Å². The molecule has 0 amide bonds. The lowest BCUT2D eigenvalue weighted by molar-refractivity contribution is 0.587. The van der Waals surface area contributed by atoms with Crippen LogP contribution in [-0.2, 0) is 6.54 Å². The normalized spacial score (nSPS) is 17.1. The summed E-state index contributed by atoms with van der Waals surface area (Å²) in [5, 5.41) is 3.33. The number of piperazine rings is 1. The first-order chi connectivity index (χ1) is 6.92. The minimum atomic E-state index is 0.563. The zero-order chi connectivity index (χ0) is 9.80. The summed E-state index contributed by atoms with van der Waals surface area (Å²) in [7, 11) is 0. The third-order valence-electron chi connectivity index (χ3n) is 2.56. The summed E-state index contributed by atoms with van der Waals surface area (Å²) in [5.74, 6) is 0. The molecule has 0 radical (unpaired) electrons. The van der Waals surface area contributed by atoms with E-state index in [1.54, 1.807) is 0 Å². The molecule has 4 nitrogen and oxygen atoms in total. The van der Waals surface area contributed by atoms with Crippen LogP contribution in [0.5, 0.6) is 0 Å². The zero-order valence-electron chi connectivity index (χ0n) is 8.24. The molecule has 1 aromatic rings. The van der Waals surface area contributed by atoms with E-state index >= 15 is 0 Å². The highest BCUT2D eigenvalue weighted by atomic mass is 15.2. The van der Waals surface area contributed by atoms with E-state index in [9.17, 15) is 0 Å². The van der Waals surface area contributed by atoms with Crippen molar-refractivity contribution in [2.24, 2.45) is 5.73 Å². The lowest BCUT2D eigenvalue weighted by Crippen LogP contribution is -2.44. The smallest absolute Gasteiger partial charge is 0.0443 e. The Hall–Kier alpha value is -1.13. The van der Waals surface area contributed by atoms with Crippen LogP contribution < -0.4 is 16.0 Å². The number of aromatic nitrogens is 1. The maximum Gasteiger partial charge on any atom is 0.0443 e. The van der Waals surface area contributed by atoms with Crippen molar-refractivity contribution in [3.63, 3.8) is 0 Å². The second-order valence-corrected chi connectivity index (χ2v) is 3.45. The van der Waals surface area contributed by atoms with Crippen LogP contribution in [0, 0.1) is 0 Å². The van der Waals surface area contributed by atoms with Crippen molar-refractivity contribution >= 4 is 5.69 Å². The maximum atomic E-state index is 5.68. The van der Waals surface area contributed by atoms with Crippen molar-refractivity contribution in [3.05, 3.63) is 24.0 Å². The molecule has 0 saturated carbocycles. The molecule has 0 spiro atoms. The van der Waals surface area contributed by atoms with Gasteiger partial charge in [-0.05, 0) is 6.07 Å². The maximum absolute atomic E-state index is 5.68. The van der Waals surface area contributed by atoms with E-state index in [0.29, 0.717) is 6.54 Å². The first-order valence-corrected chi connectivity index (χ1v) is 5.00. The highest BCUT2D eigenvalue weighted by Gasteiger charge is 2.12. The molecule has 14 heavy (non-hydrogen) atoms. The van der Waals surface area contributed by atoms with Gasteiger partial charge < -0.3 is 16.0 Å². The first-order valence-electron chi connectivity index (χ1n) is 5.00. The SMILES string of the molecule is NCc1cnccc1N1CCNCC1. The predicted molar refractivity (Wildman–Crippen MR) is 57.2 cm³/mol. The fourth-order valence-corrected chi connectivity index (χ4v) is 1.79. The number of nitrogens with zero attached hydrogens (tertiary/aromatic N) is 2. The molecule has 0 bridgehead atoms. The summed E-state index contributed by atoms with van der Waals surface area (Å²) in [5.41, 5.74) is 8.05. The number of anilines is 1. The largest absolute Gasteiger partial charge is 0.369 e. The molecule has 1 aliphatic rings. The molecule has 0 unspecified atom stereocenters. The summed E-state index contributed by atoms with van der Waals surface area (Å²) in [6.45, 7) is 4.76. The monoisotopic (exact) mass is 192 g/mol. The van der Waals surface area contributed by atoms with Gasteiger partial charge in [0.2, 0.25) is 0 Å². The van der Waals surface area contributed by atoms with E-state index in [4.69, 9.17) is 5.73 Å². The van der Waals surface area contributed by atoms with Crippen LogP contribution in [0.3, 0.4) is 0 Å². The van der Waals surface area contributed by atoms with Gasteiger partial charge in [0.15, 0.2) is 0 Å². The van der Waals surface area contributed by atoms with Crippen LogP contribution in [0.25, 0.3) is 0 Å². The van der Waals surface area contributed by atoms with Gasteiger partial charge in [-0.15, -0.1) is 0 Å². The molecule has 0 aromatic carbocycles. The van der Waals surface area contributed by atoms with Gasteiger partial charge >= 0.3 is 0 Å². The Morgan fingerprint density at radius 3 is 2.93 bits per heavy atom. The average Bonchev–Trinajstić information content (AvgIpc) is 2.30. The Labute approximate surface area is 84.1 Å². The molecule has 2 rings (SSSR count). The van der Waals surface area contributed by atoms with Gasteiger partial charge in [-0.1, -0.05) is 0 Å². The second kappa shape index (κ2) is 4.39. The first kappa shape index (κ1) is 9.43. The third kappa shape index (κ3) is 1.86. The molecule has 1 aliphatic heterocycles. The van der Waals surface area contributed by atoms with Gasteiger partial charge in [0, 0.05) is 56.4 Å². The van der Waals surface area contributed by atoms with Gasteiger partial charge in [0.25, 0.3) is 0 Å². The minimum absolute atomic E-state index is 0.563. The number of pyridine rings is 1. The Balaban J connectivity index is 2.20. The van der Waals surface area contributed by atoms with E-state index in [0.717, 1.165) is 31.7 Å². The van der Waals surface area contributed by atoms with Crippen molar-refractivity contribution in [1.82, 2.24) is 10.3 Å². The van der Waals surface area contributed by atoms with Crippen LogP contribution in [-0.4, -0.2) is 31.2 Å². The molecule has 2 heterocycles. The molecule has 0 atom stereocenters. The van der Waals surface area contributed by atoms with Gasteiger partial charge in [-0.25, -0.2) is 0 Å². The van der Waals surface area contributed by atoms with Crippen molar-refractivity contribution < 1.29 is 0 Å². The van der Waals surface area contributed by atoms with Gasteiger partial charge in [-0.2, -0.15) is 0 Å². The lowest BCUT2D eigenvalue weighted by Gasteiger charge is -2.30. The van der Waals surface area contributed by atoms with Gasteiger partial charge in [-0.3, -0.25) is 4.98 Å². The third-order valence-corrected chi connectivity index (χ3v) is 2.56. The number of hydrogen-bond donors (Lipinski definition) is 2. The van der Waals surface area contributed by atoms with Crippen LogP contribution >= 0.6 is 0 Å². The average molecular weight is 192 g/mol.